The number of nitrogens with zero attached hydrogens (tertiary/aromatic N) is 5. The Morgan fingerprint density at radius 2 is 2.04 bits per heavy atom. The van der Waals surface area contributed by atoms with Gasteiger partial charge in [0.15, 0.2) is 0 Å². The maximum Gasteiger partial charge on any atom is 0.442 e. The first kappa shape index (κ1) is 20.7. The maximum absolute atomic E-state index is 12.9. The van der Waals surface area contributed by atoms with Crippen LogP contribution in [0.4, 0.5) is 18.9 Å². The van der Waals surface area contributed by atoms with Crippen LogP contribution in [-0.2, 0) is 24.1 Å². The van der Waals surface area contributed by atoms with Crippen molar-refractivity contribution in [1.29, 1.82) is 0 Å². The number of rotatable bonds is 7. The number of aromatic nitrogens is 4. The first-order valence-electron chi connectivity index (χ1n) is 7.76. The number of carbonyl (C=O) groups is 1. The van der Waals surface area contributed by atoms with E-state index in [0.29, 0.717) is 28.4 Å². The van der Waals surface area contributed by atoms with E-state index in [4.69, 9.17) is 11.6 Å². The fraction of sp³-hybridized carbons (Fsp3) is 0.500. The number of carbonyl (C=O) groups excluding carboxylic acids is 1. The first-order chi connectivity index (χ1) is 12.5. The Hall–Kier alpha value is -2.63. The highest BCUT2D eigenvalue weighted by Gasteiger charge is 2.44. The average Bonchev–Trinajstić information content (AvgIpc) is 3.04. The summed E-state index contributed by atoms with van der Waals surface area (Å²) in [5.41, 5.74) is -2.44. The molecule has 0 saturated carbocycles. The van der Waals surface area contributed by atoms with Crippen LogP contribution in [0.2, 0.25) is 5.02 Å². The van der Waals surface area contributed by atoms with Crippen LogP contribution in [-0.4, -0.2) is 36.9 Å². The zero-order valence-electron chi connectivity index (χ0n) is 14.4. The van der Waals surface area contributed by atoms with Crippen LogP contribution in [0, 0.1) is 24.0 Å². The molecular formula is C14H16ClF3N6O3. The number of nitro groups is 1. The van der Waals surface area contributed by atoms with E-state index in [1.54, 1.807) is 17.8 Å². The minimum Gasteiger partial charge on any atom is -0.354 e. The number of alkyl halides is 3. The summed E-state index contributed by atoms with van der Waals surface area (Å²) in [4.78, 5) is 21.6. The van der Waals surface area contributed by atoms with E-state index in [-0.39, 0.29) is 12.2 Å². The van der Waals surface area contributed by atoms with Gasteiger partial charge in [-0.2, -0.15) is 23.4 Å². The predicted octanol–water partition coefficient (Wildman–Crippen LogP) is 2.48. The van der Waals surface area contributed by atoms with Crippen molar-refractivity contribution >= 4 is 23.2 Å². The molecule has 9 nitrogen and oxygen atoms in total. The molecule has 0 atom stereocenters. The molecule has 0 spiro atoms. The van der Waals surface area contributed by atoms with Gasteiger partial charge in [0.05, 0.1) is 15.6 Å². The van der Waals surface area contributed by atoms with Gasteiger partial charge in [-0.05, 0) is 20.3 Å². The van der Waals surface area contributed by atoms with E-state index in [1.807, 2.05) is 0 Å². The van der Waals surface area contributed by atoms with Gasteiger partial charge in [0, 0.05) is 19.3 Å². The molecular weight excluding hydrogens is 393 g/mol. The van der Waals surface area contributed by atoms with Crippen molar-refractivity contribution in [3.63, 3.8) is 0 Å². The number of hydrogen-bond acceptors (Lipinski definition) is 5. The van der Waals surface area contributed by atoms with Gasteiger partial charge >= 0.3 is 11.9 Å². The molecule has 0 radical (unpaired) electrons. The Balaban J connectivity index is 1.94. The van der Waals surface area contributed by atoms with E-state index >= 15 is 0 Å². The largest absolute Gasteiger partial charge is 0.442 e. The Kier molecular flexibility index (Phi) is 6.08. The molecule has 2 aromatic heterocycles. The normalized spacial score (nSPS) is 11.6. The van der Waals surface area contributed by atoms with Crippen LogP contribution in [0.5, 0.6) is 0 Å². The molecule has 2 aromatic rings. The lowest BCUT2D eigenvalue weighted by Crippen LogP contribution is -2.30. The number of halogens is 4. The third kappa shape index (κ3) is 4.96. The molecule has 148 valence electrons. The third-order valence-electron chi connectivity index (χ3n) is 3.69. The van der Waals surface area contributed by atoms with E-state index in [1.165, 1.54) is 0 Å². The topological polar surface area (TPSA) is 108 Å². The Morgan fingerprint density at radius 3 is 2.52 bits per heavy atom. The third-order valence-corrected chi connectivity index (χ3v) is 4.06. The monoisotopic (exact) mass is 408 g/mol. The predicted molar refractivity (Wildman–Crippen MR) is 88.2 cm³/mol. The van der Waals surface area contributed by atoms with E-state index < -0.39 is 34.9 Å². The van der Waals surface area contributed by atoms with Crippen LogP contribution in [0.15, 0.2) is 6.20 Å². The summed E-state index contributed by atoms with van der Waals surface area (Å²) in [5, 5.41) is 21.3. The van der Waals surface area contributed by atoms with Crippen LogP contribution in [0.25, 0.3) is 0 Å². The molecule has 0 unspecified atom stereocenters. The van der Waals surface area contributed by atoms with Crippen LogP contribution in [0.3, 0.4) is 0 Å². The highest BCUT2D eigenvalue weighted by molar-refractivity contribution is 6.31. The van der Waals surface area contributed by atoms with E-state index in [0.717, 1.165) is 6.92 Å². The van der Waals surface area contributed by atoms with Crippen LogP contribution in [0.1, 0.15) is 23.5 Å². The standard InChI is InChI=1S/C14H16ClF3N6O3/c1-8-10(15)6-22(20-8)5-3-4-19-11(25)7-23-9(2)12(24(26)27)13(21-23)14(16,17)18/h6H,3-5,7H2,1-2H3,(H,19,25). The lowest BCUT2D eigenvalue weighted by atomic mass is 10.3. The Labute approximate surface area is 156 Å². The molecule has 0 aliphatic carbocycles. The lowest BCUT2D eigenvalue weighted by molar-refractivity contribution is -0.388. The minimum atomic E-state index is -4.99. The van der Waals surface area contributed by atoms with Gasteiger partial charge in [-0.15, -0.1) is 0 Å². The highest BCUT2D eigenvalue weighted by atomic mass is 35.5. The van der Waals surface area contributed by atoms with E-state index in [2.05, 4.69) is 15.5 Å². The van der Waals surface area contributed by atoms with E-state index in [9.17, 15) is 28.1 Å². The Morgan fingerprint density at radius 1 is 1.37 bits per heavy atom. The summed E-state index contributed by atoms with van der Waals surface area (Å²) in [6.07, 6.45) is -2.84. The molecule has 1 amide bonds. The van der Waals surface area contributed by atoms with Gasteiger partial charge in [0.25, 0.3) is 0 Å². The average molecular weight is 409 g/mol. The molecule has 27 heavy (non-hydrogen) atoms. The van der Waals surface area contributed by atoms with Crippen molar-refractivity contribution in [2.24, 2.45) is 0 Å². The summed E-state index contributed by atoms with van der Waals surface area (Å²) in [6, 6.07) is 0. The second-order valence-corrected chi connectivity index (χ2v) is 6.13. The summed E-state index contributed by atoms with van der Waals surface area (Å²) in [6.45, 7) is 3.02. The zero-order valence-corrected chi connectivity index (χ0v) is 15.1. The minimum absolute atomic E-state index is 0.240. The lowest BCUT2D eigenvalue weighted by Gasteiger charge is -2.06. The quantitative estimate of drug-likeness (QED) is 0.430. The summed E-state index contributed by atoms with van der Waals surface area (Å²) in [7, 11) is 0. The molecule has 13 heteroatoms. The number of nitrogens with one attached hydrogen (secondary N) is 1. The summed E-state index contributed by atoms with van der Waals surface area (Å²) >= 11 is 5.88. The second kappa shape index (κ2) is 7.94. The molecule has 0 aliphatic rings. The molecule has 0 aromatic carbocycles. The summed E-state index contributed by atoms with van der Waals surface area (Å²) in [5.74, 6) is -0.612. The number of hydrogen-bond donors (Lipinski definition) is 1. The Bertz CT molecular complexity index is 842. The molecule has 0 bridgehead atoms. The smallest absolute Gasteiger partial charge is 0.354 e. The SMILES string of the molecule is Cc1nn(CCCNC(=O)Cn2nc(C(F)(F)F)c([N+](=O)[O-])c2C)cc1Cl. The van der Waals surface area contributed by atoms with Crippen molar-refractivity contribution in [3.8, 4) is 0 Å². The highest BCUT2D eigenvalue weighted by Crippen LogP contribution is 2.36. The molecule has 2 heterocycles. The van der Waals surface area contributed by atoms with Crippen molar-refractivity contribution in [1.82, 2.24) is 24.9 Å². The molecule has 1 N–H and O–H groups in total. The van der Waals surface area contributed by atoms with Crippen molar-refractivity contribution in [2.45, 2.75) is 39.5 Å². The van der Waals surface area contributed by atoms with Gasteiger partial charge in [0.1, 0.15) is 12.2 Å². The van der Waals surface area contributed by atoms with Gasteiger partial charge in [0.2, 0.25) is 11.6 Å². The summed E-state index contributed by atoms with van der Waals surface area (Å²) < 4.78 is 40.9. The molecule has 0 saturated heterocycles. The van der Waals surface area contributed by atoms with Crippen LogP contribution < -0.4 is 5.32 Å². The first-order valence-corrected chi connectivity index (χ1v) is 8.13. The second-order valence-electron chi connectivity index (χ2n) is 5.72. The van der Waals surface area contributed by atoms with Gasteiger partial charge in [-0.25, -0.2) is 0 Å². The van der Waals surface area contributed by atoms with Crippen molar-refractivity contribution in [2.75, 3.05) is 6.54 Å². The number of aryl methyl sites for hydroxylation is 2. The molecule has 0 aliphatic heterocycles. The molecule has 0 fully saturated rings. The van der Waals surface area contributed by atoms with Crippen molar-refractivity contribution in [3.05, 3.63) is 38.4 Å². The maximum atomic E-state index is 12.9. The van der Waals surface area contributed by atoms with Gasteiger partial charge < -0.3 is 5.32 Å². The molecule has 2 rings (SSSR count). The zero-order chi connectivity index (χ0) is 20.4. The van der Waals surface area contributed by atoms with Gasteiger partial charge in [-0.3, -0.25) is 24.3 Å². The number of amides is 1. The fourth-order valence-corrected chi connectivity index (χ4v) is 2.52. The fourth-order valence-electron chi connectivity index (χ4n) is 2.37. The van der Waals surface area contributed by atoms with Crippen molar-refractivity contribution < 1.29 is 22.9 Å². The van der Waals surface area contributed by atoms with Gasteiger partial charge in [-0.1, -0.05) is 11.6 Å². The van der Waals surface area contributed by atoms with Crippen LogP contribution >= 0.6 is 11.6 Å².